The van der Waals surface area contributed by atoms with Gasteiger partial charge in [0.2, 0.25) is 0 Å². The van der Waals surface area contributed by atoms with Crippen LogP contribution >= 0.6 is 0 Å². The van der Waals surface area contributed by atoms with E-state index in [0.717, 1.165) is 16.9 Å². The van der Waals surface area contributed by atoms with E-state index in [0.29, 0.717) is 0 Å². The summed E-state index contributed by atoms with van der Waals surface area (Å²) in [5, 5.41) is 17.7. The van der Waals surface area contributed by atoms with Crippen LogP contribution in [-0.4, -0.2) is 18.4 Å². The first-order chi connectivity index (χ1) is 29.3. The quantitative estimate of drug-likeness (QED) is 0.173. The van der Waals surface area contributed by atoms with Crippen molar-refractivity contribution in [1.82, 2.24) is 18.4 Å². The molecule has 0 saturated heterocycles. The number of rotatable bonds is 2. The third kappa shape index (κ3) is 3.56. The van der Waals surface area contributed by atoms with Crippen LogP contribution in [0.15, 0.2) is 182 Å². The van der Waals surface area contributed by atoms with Gasteiger partial charge in [-0.05, 0) is 69.6 Å². The number of pyridine rings is 1. The SMILES string of the molecule is c1ccc(-n2c3ccccc3c3cc(-c4cccc5c6cc7ccccc7c7c8c9c%10cccc%11c%12c%13ccccc%13ccc%12n(c9cnc8n(c45)c67)c%11%10)ccc32)cc1. The molecule has 0 aliphatic carbocycles. The number of hydrogen-bond acceptors (Lipinski definition) is 1. The Morgan fingerprint density at radius 2 is 1.02 bits per heavy atom. The topological polar surface area (TPSA) is 26.6 Å². The van der Waals surface area contributed by atoms with Gasteiger partial charge in [-0.25, -0.2) is 4.98 Å². The molecule has 0 unspecified atom stereocenters. The van der Waals surface area contributed by atoms with Crippen molar-refractivity contribution < 1.29 is 0 Å². The second-order valence-corrected chi connectivity index (χ2v) is 16.3. The van der Waals surface area contributed by atoms with E-state index >= 15 is 0 Å². The standard InChI is InChI=1S/C55H30N4/c1-2-14-34(15-3-1)57-44-23-9-8-18-38(44)42-28-33(25-26-45(42)57)37-19-10-20-39-43-29-32-13-5-7-17-36(32)50-51-49-41-22-11-21-40-48-35-16-6-4-12-31(35)24-27-46(48)58(53(40)41)47(49)30-56-55(51)59(52(37)39)54(43)50/h1-30H. The minimum Gasteiger partial charge on any atom is -0.309 e. The van der Waals surface area contributed by atoms with E-state index in [4.69, 9.17) is 4.98 Å². The van der Waals surface area contributed by atoms with E-state index < -0.39 is 0 Å². The molecular weight excluding hydrogens is 717 g/mol. The van der Waals surface area contributed by atoms with Gasteiger partial charge in [-0.15, -0.1) is 0 Å². The van der Waals surface area contributed by atoms with Crippen LogP contribution in [0.3, 0.4) is 0 Å². The molecule has 0 radical (unpaired) electrons. The molecule has 6 heterocycles. The van der Waals surface area contributed by atoms with Crippen molar-refractivity contribution in [2.24, 2.45) is 0 Å². The molecule has 0 amide bonds. The van der Waals surface area contributed by atoms with Crippen molar-refractivity contribution in [2.75, 3.05) is 0 Å². The number of fused-ring (bicyclic) bond motifs is 20. The lowest BCUT2D eigenvalue weighted by Crippen LogP contribution is -1.93. The normalized spacial score (nSPS) is 12.7. The summed E-state index contributed by atoms with van der Waals surface area (Å²) in [7, 11) is 0. The van der Waals surface area contributed by atoms with Gasteiger partial charge in [-0.2, -0.15) is 0 Å². The van der Waals surface area contributed by atoms with Gasteiger partial charge in [0.15, 0.2) is 0 Å². The van der Waals surface area contributed by atoms with Crippen LogP contribution < -0.4 is 0 Å². The maximum absolute atomic E-state index is 5.52. The maximum atomic E-state index is 5.52. The van der Waals surface area contributed by atoms with Crippen molar-refractivity contribution in [1.29, 1.82) is 0 Å². The van der Waals surface area contributed by atoms with Crippen LogP contribution in [0.25, 0.3) is 136 Å². The zero-order valence-electron chi connectivity index (χ0n) is 31.6. The second kappa shape index (κ2) is 10.5. The predicted molar refractivity (Wildman–Crippen MR) is 248 cm³/mol. The number of aromatic nitrogens is 4. The van der Waals surface area contributed by atoms with Crippen molar-refractivity contribution in [3.8, 4) is 16.8 Å². The molecule has 59 heavy (non-hydrogen) atoms. The van der Waals surface area contributed by atoms with E-state index in [-0.39, 0.29) is 0 Å². The molecule has 0 fully saturated rings. The van der Waals surface area contributed by atoms with E-state index in [2.05, 4.69) is 195 Å². The van der Waals surface area contributed by atoms with E-state index in [9.17, 15) is 0 Å². The van der Waals surface area contributed by atoms with Gasteiger partial charge in [0.05, 0.1) is 44.8 Å². The van der Waals surface area contributed by atoms with Crippen molar-refractivity contribution in [2.45, 2.75) is 0 Å². The monoisotopic (exact) mass is 746 g/mol. The van der Waals surface area contributed by atoms with Gasteiger partial charge < -0.3 is 8.97 Å². The van der Waals surface area contributed by atoms with Gasteiger partial charge in [-0.1, -0.05) is 133 Å². The summed E-state index contributed by atoms with van der Waals surface area (Å²) in [6, 6.07) is 64.9. The minimum atomic E-state index is 1.00. The van der Waals surface area contributed by atoms with Gasteiger partial charge in [0.1, 0.15) is 5.65 Å². The van der Waals surface area contributed by atoms with E-state index in [1.807, 2.05) is 0 Å². The molecule has 0 saturated carbocycles. The molecule has 0 N–H and O–H groups in total. The largest absolute Gasteiger partial charge is 0.309 e. The highest BCUT2D eigenvalue weighted by Crippen LogP contribution is 2.50. The molecule has 0 bridgehead atoms. The fraction of sp³-hybridized carbons (Fsp3) is 0. The highest BCUT2D eigenvalue weighted by Gasteiger charge is 2.27. The molecule has 0 aliphatic heterocycles. The van der Waals surface area contributed by atoms with Crippen molar-refractivity contribution in [3.63, 3.8) is 0 Å². The lowest BCUT2D eigenvalue weighted by molar-refractivity contribution is 1.18. The maximum Gasteiger partial charge on any atom is 0.146 e. The van der Waals surface area contributed by atoms with Gasteiger partial charge >= 0.3 is 0 Å². The van der Waals surface area contributed by atoms with Crippen molar-refractivity contribution >= 4 is 120 Å². The highest BCUT2D eigenvalue weighted by molar-refractivity contribution is 6.40. The zero-order valence-corrected chi connectivity index (χ0v) is 31.6. The first kappa shape index (κ1) is 30.2. The summed E-state index contributed by atoms with van der Waals surface area (Å²) in [4.78, 5) is 5.52. The van der Waals surface area contributed by atoms with Crippen LogP contribution in [0.2, 0.25) is 0 Å². The Morgan fingerprint density at radius 3 is 1.90 bits per heavy atom. The highest BCUT2D eigenvalue weighted by atomic mass is 15.0. The first-order valence-electron chi connectivity index (χ1n) is 20.4. The van der Waals surface area contributed by atoms with Crippen LogP contribution in [0, 0.1) is 0 Å². The number of hydrogen-bond donors (Lipinski definition) is 0. The minimum absolute atomic E-state index is 1.00. The Labute approximate surface area is 335 Å². The lowest BCUT2D eigenvalue weighted by Gasteiger charge is -2.09. The first-order valence-corrected chi connectivity index (χ1v) is 20.4. The Balaban J connectivity index is 1.11. The molecular formula is C55H30N4. The summed E-state index contributed by atoms with van der Waals surface area (Å²) in [5.74, 6) is 0. The summed E-state index contributed by atoms with van der Waals surface area (Å²) in [6.45, 7) is 0. The summed E-state index contributed by atoms with van der Waals surface area (Å²) in [6.07, 6.45) is 2.14. The van der Waals surface area contributed by atoms with Gasteiger partial charge in [0, 0.05) is 65.1 Å². The smallest absolute Gasteiger partial charge is 0.146 e. The fourth-order valence-electron chi connectivity index (χ4n) is 11.2. The number of para-hydroxylation sites is 4. The Kier molecular flexibility index (Phi) is 5.38. The molecule has 6 aromatic heterocycles. The van der Waals surface area contributed by atoms with Crippen LogP contribution in [0.4, 0.5) is 0 Å². The van der Waals surface area contributed by atoms with Crippen LogP contribution in [0.1, 0.15) is 0 Å². The zero-order chi connectivity index (χ0) is 38.1. The number of nitrogens with zero attached hydrogens (tertiary/aromatic N) is 4. The summed E-state index contributed by atoms with van der Waals surface area (Å²) in [5.41, 5.74) is 13.1. The average molecular weight is 747 g/mol. The molecule has 4 nitrogen and oxygen atoms in total. The third-order valence-electron chi connectivity index (χ3n) is 13.5. The Hall–Kier alpha value is -7.95. The van der Waals surface area contributed by atoms with Crippen LogP contribution in [0.5, 0.6) is 0 Å². The molecule has 4 heteroatoms. The molecule has 9 aromatic carbocycles. The molecule has 0 atom stereocenters. The molecule has 270 valence electrons. The molecule has 0 spiro atoms. The van der Waals surface area contributed by atoms with E-state index in [1.54, 1.807) is 0 Å². The summed E-state index contributed by atoms with van der Waals surface area (Å²) >= 11 is 0. The molecule has 0 aliphatic rings. The van der Waals surface area contributed by atoms with Crippen molar-refractivity contribution in [3.05, 3.63) is 182 Å². The second-order valence-electron chi connectivity index (χ2n) is 16.3. The predicted octanol–water partition coefficient (Wildman–Crippen LogP) is 14.5. The molecule has 15 aromatic rings. The Bertz CT molecular complexity index is 4300. The molecule has 15 rings (SSSR count). The summed E-state index contributed by atoms with van der Waals surface area (Å²) < 4.78 is 7.37. The third-order valence-corrected chi connectivity index (χ3v) is 13.5. The lowest BCUT2D eigenvalue weighted by atomic mass is 9.97. The van der Waals surface area contributed by atoms with Gasteiger partial charge in [-0.3, -0.25) is 4.40 Å². The van der Waals surface area contributed by atoms with Crippen LogP contribution in [-0.2, 0) is 0 Å². The Morgan fingerprint density at radius 1 is 0.339 bits per heavy atom. The number of benzene rings is 9. The van der Waals surface area contributed by atoms with Gasteiger partial charge in [0.25, 0.3) is 0 Å². The average Bonchev–Trinajstić information content (AvgIpc) is 4.09. The van der Waals surface area contributed by atoms with E-state index in [1.165, 1.54) is 120 Å². The fourth-order valence-corrected chi connectivity index (χ4v) is 11.2.